The Morgan fingerprint density at radius 3 is 2.03 bits per heavy atom. The summed E-state index contributed by atoms with van der Waals surface area (Å²) in [5, 5.41) is 12.7. The number of carbonyl (C=O) groups is 2. The second-order valence-electron chi connectivity index (χ2n) is 9.44. The van der Waals surface area contributed by atoms with Gasteiger partial charge in [-0.1, -0.05) is 78.1 Å². The molecule has 0 unspecified atom stereocenters. The van der Waals surface area contributed by atoms with E-state index in [1.54, 1.807) is 42.5 Å². The van der Waals surface area contributed by atoms with E-state index in [1.165, 1.54) is 57.6 Å². The fourth-order valence-corrected chi connectivity index (χ4v) is 4.03. The van der Waals surface area contributed by atoms with Crippen LogP contribution in [-0.2, 0) is 4.74 Å². The van der Waals surface area contributed by atoms with Crippen molar-refractivity contribution in [2.75, 3.05) is 13.2 Å². The molecule has 6 nitrogen and oxygen atoms in total. The van der Waals surface area contributed by atoms with Crippen molar-refractivity contribution in [2.24, 2.45) is 0 Å². The quantitative estimate of drug-likeness (QED) is 0.0364. The van der Waals surface area contributed by atoms with Crippen LogP contribution in [0.3, 0.4) is 0 Å². The lowest BCUT2D eigenvalue weighted by molar-refractivity contribution is -0.354. The van der Waals surface area contributed by atoms with Crippen LogP contribution < -0.4 is 4.74 Å². The summed E-state index contributed by atoms with van der Waals surface area (Å²) in [6, 6.07) is 11.6. The number of benzene rings is 2. The van der Waals surface area contributed by atoms with Crippen molar-refractivity contribution in [3.8, 4) is 5.75 Å². The molecule has 0 aliphatic carbocycles. The maximum Gasteiger partial charge on any atom is 0.338 e. The number of ether oxygens (including phenoxy) is 2. The van der Waals surface area contributed by atoms with Crippen LogP contribution in [0.2, 0.25) is 0 Å². The minimum absolute atomic E-state index is 0.240. The molecule has 202 valence electrons. The molecule has 0 bridgehead atoms. The molecule has 0 aliphatic rings. The highest BCUT2D eigenvalue weighted by Crippen LogP contribution is 2.23. The molecule has 0 heterocycles. The first-order chi connectivity index (χ1) is 18.1. The average molecular weight is 510 g/mol. The molecule has 0 radical (unpaired) electrons. The standard InChI is InChI=1S/C31H43NO5/c1-3-5-7-9-11-13-21-36-29-19-20-30(28(23-29)25-33)32(35)24-26-15-17-27(18-16-26)31(34)37-22-14-12-10-8-6-4-2/h15-20,23-25H,3-14,21-22H2,1-2H3. The Hall–Kier alpha value is -3.15. The molecular formula is C31H43NO5. The van der Waals surface area contributed by atoms with Crippen molar-refractivity contribution in [1.29, 1.82) is 0 Å². The topological polar surface area (TPSA) is 78.7 Å². The molecule has 0 saturated heterocycles. The first-order valence-corrected chi connectivity index (χ1v) is 13.9. The molecule has 0 saturated carbocycles. The van der Waals surface area contributed by atoms with E-state index in [2.05, 4.69) is 13.8 Å². The number of rotatable bonds is 19. The van der Waals surface area contributed by atoms with Gasteiger partial charge >= 0.3 is 5.97 Å². The predicted octanol–water partition coefficient (Wildman–Crippen LogP) is 8.02. The van der Waals surface area contributed by atoms with Crippen LogP contribution in [0, 0.1) is 5.21 Å². The molecule has 0 N–H and O–H groups in total. The SMILES string of the molecule is CCCCCCCCOC(=O)c1ccc(C=[N+]([O-])c2ccc(OCCCCCCCC)cc2C=O)cc1. The lowest BCUT2D eigenvalue weighted by Gasteiger charge is -2.10. The molecule has 0 atom stereocenters. The Bertz CT molecular complexity index is 968. The molecule has 0 aliphatic heterocycles. The van der Waals surface area contributed by atoms with Gasteiger partial charge in [-0.2, -0.15) is 4.74 Å². The number of unbranched alkanes of at least 4 members (excludes halogenated alkanes) is 10. The highest BCUT2D eigenvalue weighted by Gasteiger charge is 2.12. The summed E-state index contributed by atoms with van der Waals surface area (Å²) in [7, 11) is 0. The van der Waals surface area contributed by atoms with Gasteiger partial charge < -0.3 is 14.7 Å². The Labute approximate surface area is 222 Å². The molecule has 0 spiro atoms. The zero-order chi connectivity index (χ0) is 26.7. The first kappa shape index (κ1) is 30.1. The van der Waals surface area contributed by atoms with Gasteiger partial charge in [0, 0.05) is 11.6 Å². The van der Waals surface area contributed by atoms with E-state index in [9.17, 15) is 14.8 Å². The third-order valence-electron chi connectivity index (χ3n) is 6.27. The van der Waals surface area contributed by atoms with Crippen LogP contribution in [0.15, 0.2) is 42.5 Å². The summed E-state index contributed by atoms with van der Waals surface area (Å²) in [6.45, 7) is 5.39. The van der Waals surface area contributed by atoms with E-state index in [-0.39, 0.29) is 17.2 Å². The molecule has 6 heteroatoms. The fraction of sp³-hybridized carbons (Fsp3) is 0.516. The summed E-state index contributed by atoms with van der Waals surface area (Å²) >= 11 is 0. The highest BCUT2D eigenvalue weighted by molar-refractivity contribution is 5.90. The first-order valence-electron chi connectivity index (χ1n) is 13.9. The fourth-order valence-electron chi connectivity index (χ4n) is 4.03. The number of aldehydes is 1. The van der Waals surface area contributed by atoms with Crippen LogP contribution >= 0.6 is 0 Å². The van der Waals surface area contributed by atoms with Crippen molar-refractivity contribution in [3.05, 3.63) is 64.4 Å². The summed E-state index contributed by atoms with van der Waals surface area (Å²) < 4.78 is 11.8. The monoisotopic (exact) mass is 509 g/mol. The molecule has 0 aromatic heterocycles. The third-order valence-corrected chi connectivity index (χ3v) is 6.27. The second-order valence-corrected chi connectivity index (χ2v) is 9.44. The Morgan fingerprint density at radius 2 is 1.41 bits per heavy atom. The van der Waals surface area contributed by atoms with Crippen LogP contribution in [-0.4, -0.2) is 36.4 Å². The van der Waals surface area contributed by atoms with E-state index in [0.29, 0.717) is 41.1 Å². The summed E-state index contributed by atoms with van der Waals surface area (Å²) in [5.41, 5.74) is 1.56. The van der Waals surface area contributed by atoms with Gasteiger partial charge in [0.25, 0.3) is 0 Å². The molecule has 0 fully saturated rings. The summed E-state index contributed by atoms with van der Waals surface area (Å²) in [5.74, 6) is 0.218. The number of esters is 1. The van der Waals surface area contributed by atoms with Crippen LogP contribution in [0.25, 0.3) is 0 Å². The van der Waals surface area contributed by atoms with Crippen LogP contribution in [0.1, 0.15) is 117 Å². The van der Waals surface area contributed by atoms with Crippen molar-refractivity contribution in [1.82, 2.24) is 0 Å². The van der Waals surface area contributed by atoms with Gasteiger partial charge in [-0.15, -0.1) is 0 Å². The molecule has 2 aromatic rings. The van der Waals surface area contributed by atoms with Gasteiger partial charge in [0.05, 0.1) is 24.3 Å². The molecular weight excluding hydrogens is 466 g/mol. The number of carbonyl (C=O) groups excluding carboxylic acids is 2. The number of nitrogens with zero attached hydrogens (tertiary/aromatic N) is 1. The molecule has 37 heavy (non-hydrogen) atoms. The highest BCUT2D eigenvalue weighted by atomic mass is 16.5. The molecule has 2 rings (SSSR count). The van der Waals surface area contributed by atoms with Crippen LogP contribution in [0.5, 0.6) is 5.75 Å². The largest absolute Gasteiger partial charge is 0.618 e. The number of hydrogen-bond acceptors (Lipinski definition) is 5. The minimum atomic E-state index is -0.362. The van der Waals surface area contributed by atoms with Crippen molar-refractivity contribution < 1.29 is 23.8 Å². The molecule has 0 amide bonds. The second kappa shape index (κ2) is 18.1. The minimum Gasteiger partial charge on any atom is -0.618 e. The summed E-state index contributed by atoms with van der Waals surface area (Å²) in [6.07, 6.45) is 15.9. The zero-order valence-corrected chi connectivity index (χ0v) is 22.6. The normalized spacial score (nSPS) is 11.4. The zero-order valence-electron chi connectivity index (χ0n) is 22.6. The van der Waals surface area contributed by atoms with Gasteiger partial charge in [-0.25, -0.2) is 4.79 Å². The maximum atomic E-state index is 12.7. The summed E-state index contributed by atoms with van der Waals surface area (Å²) in [4.78, 5) is 23.9. The van der Waals surface area contributed by atoms with Crippen molar-refractivity contribution in [3.63, 3.8) is 0 Å². The van der Waals surface area contributed by atoms with Crippen molar-refractivity contribution in [2.45, 2.75) is 90.9 Å². The van der Waals surface area contributed by atoms with Crippen molar-refractivity contribution >= 4 is 24.2 Å². The van der Waals surface area contributed by atoms with E-state index in [0.717, 1.165) is 25.7 Å². The number of hydrogen-bond donors (Lipinski definition) is 0. The van der Waals surface area contributed by atoms with Crippen LogP contribution in [0.4, 0.5) is 5.69 Å². The maximum absolute atomic E-state index is 12.7. The smallest absolute Gasteiger partial charge is 0.338 e. The average Bonchev–Trinajstić information content (AvgIpc) is 2.92. The Morgan fingerprint density at radius 1 is 0.811 bits per heavy atom. The Kier molecular flexibility index (Phi) is 14.8. The van der Waals surface area contributed by atoms with Gasteiger partial charge in [-0.05, 0) is 49.2 Å². The van der Waals surface area contributed by atoms with E-state index >= 15 is 0 Å². The lowest BCUT2D eigenvalue weighted by Crippen LogP contribution is -2.07. The Balaban J connectivity index is 1.86. The van der Waals surface area contributed by atoms with E-state index in [4.69, 9.17) is 9.47 Å². The van der Waals surface area contributed by atoms with Gasteiger partial charge in [0.15, 0.2) is 12.5 Å². The van der Waals surface area contributed by atoms with Gasteiger partial charge in [0.1, 0.15) is 5.75 Å². The van der Waals surface area contributed by atoms with Gasteiger partial charge in [0.2, 0.25) is 5.69 Å². The lowest BCUT2D eigenvalue weighted by atomic mass is 10.1. The predicted molar refractivity (Wildman–Crippen MR) is 149 cm³/mol. The van der Waals surface area contributed by atoms with E-state index < -0.39 is 0 Å². The third kappa shape index (κ3) is 11.6. The molecule has 2 aromatic carbocycles. The van der Waals surface area contributed by atoms with E-state index in [1.807, 2.05) is 0 Å². The van der Waals surface area contributed by atoms with Gasteiger partial charge in [-0.3, -0.25) is 4.79 Å².